The molecule has 0 aliphatic carbocycles. The summed E-state index contributed by atoms with van der Waals surface area (Å²) >= 11 is 0. The molecular weight excluding hydrogens is 242 g/mol. The van der Waals surface area contributed by atoms with Gasteiger partial charge in [0.05, 0.1) is 0 Å². The molecule has 96 valence electrons. The molecule has 0 aromatic carbocycles. The van der Waals surface area contributed by atoms with E-state index in [4.69, 9.17) is 0 Å². The molecule has 3 aromatic rings. The van der Waals surface area contributed by atoms with Crippen molar-refractivity contribution in [2.45, 2.75) is 13.5 Å². The minimum atomic E-state index is 0.640. The molecule has 0 spiro atoms. The highest BCUT2D eigenvalue weighted by molar-refractivity contribution is 5.44. The summed E-state index contributed by atoms with van der Waals surface area (Å²) in [5, 5.41) is 15.6. The normalized spacial score (nSPS) is 10.8. The summed E-state index contributed by atoms with van der Waals surface area (Å²) < 4.78 is 1.43. The van der Waals surface area contributed by atoms with Crippen LogP contribution in [0.25, 0.3) is 5.65 Å². The van der Waals surface area contributed by atoms with E-state index >= 15 is 0 Å². The third-order valence-electron chi connectivity index (χ3n) is 2.86. The third kappa shape index (κ3) is 2.35. The largest absolute Gasteiger partial charge is 0.351 e. The first-order chi connectivity index (χ1) is 9.36. The van der Waals surface area contributed by atoms with Crippen LogP contribution in [0.1, 0.15) is 12.5 Å². The molecule has 7 nitrogen and oxygen atoms in total. The van der Waals surface area contributed by atoms with Gasteiger partial charge in [-0.05, 0) is 41.1 Å². The lowest BCUT2D eigenvalue weighted by atomic mass is 10.2. The van der Waals surface area contributed by atoms with Gasteiger partial charge in [-0.25, -0.2) is 0 Å². The van der Waals surface area contributed by atoms with Gasteiger partial charge in [0.2, 0.25) is 0 Å². The molecule has 0 fully saturated rings. The second kappa shape index (κ2) is 4.97. The molecule has 0 unspecified atom stereocenters. The van der Waals surface area contributed by atoms with Crippen molar-refractivity contribution in [2.75, 3.05) is 11.4 Å². The number of fused-ring (bicyclic) bond motifs is 1. The Bertz CT molecular complexity index is 664. The maximum Gasteiger partial charge on any atom is 0.200 e. The van der Waals surface area contributed by atoms with Gasteiger partial charge in [0, 0.05) is 25.5 Å². The molecule has 0 bridgehead atoms. The zero-order valence-corrected chi connectivity index (χ0v) is 10.5. The highest BCUT2D eigenvalue weighted by Crippen LogP contribution is 2.13. The average Bonchev–Trinajstić information content (AvgIpc) is 2.93. The van der Waals surface area contributed by atoms with Gasteiger partial charge in [-0.15, -0.1) is 14.8 Å². The highest BCUT2D eigenvalue weighted by atomic mass is 15.6. The lowest BCUT2D eigenvalue weighted by Crippen LogP contribution is -2.24. The van der Waals surface area contributed by atoms with Crippen LogP contribution < -0.4 is 4.90 Å². The number of aromatic nitrogens is 6. The maximum atomic E-state index is 4.39. The molecular formula is C12H13N7. The Morgan fingerprint density at radius 2 is 2.21 bits per heavy atom. The first-order valence-electron chi connectivity index (χ1n) is 6.06. The van der Waals surface area contributed by atoms with Crippen molar-refractivity contribution in [3.05, 3.63) is 42.2 Å². The summed E-state index contributed by atoms with van der Waals surface area (Å²) in [6.07, 6.45) is 3.63. The Balaban J connectivity index is 1.88. The van der Waals surface area contributed by atoms with E-state index in [-0.39, 0.29) is 0 Å². The second-order valence-corrected chi connectivity index (χ2v) is 4.09. The number of anilines is 1. The van der Waals surface area contributed by atoms with Crippen LogP contribution in [0.3, 0.4) is 0 Å². The van der Waals surface area contributed by atoms with E-state index in [0.717, 1.165) is 24.5 Å². The van der Waals surface area contributed by atoms with E-state index in [0.29, 0.717) is 5.65 Å². The van der Waals surface area contributed by atoms with Gasteiger partial charge in [0.1, 0.15) is 0 Å². The fourth-order valence-corrected chi connectivity index (χ4v) is 1.88. The number of rotatable bonds is 4. The molecule has 3 aromatic heterocycles. The second-order valence-electron chi connectivity index (χ2n) is 4.09. The molecule has 3 rings (SSSR count). The molecule has 7 heteroatoms. The summed E-state index contributed by atoms with van der Waals surface area (Å²) in [6, 6.07) is 7.76. The van der Waals surface area contributed by atoms with Crippen LogP contribution in [0, 0.1) is 0 Å². The van der Waals surface area contributed by atoms with Crippen molar-refractivity contribution < 1.29 is 0 Å². The topological polar surface area (TPSA) is 72.1 Å². The van der Waals surface area contributed by atoms with Crippen LogP contribution in [0.4, 0.5) is 5.82 Å². The van der Waals surface area contributed by atoms with Gasteiger partial charge in [-0.2, -0.15) is 0 Å². The summed E-state index contributed by atoms with van der Waals surface area (Å²) in [6.45, 7) is 3.68. The fraction of sp³-hybridized carbons (Fsp3) is 0.250. The summed E-state index contributed by atoms with van der Waals surface area (Å²) in [4.78, 5) is 6.26. The van der Waals surface area contributed by atoms with Crippen LogP contribution in [0.5, 0.6) is 0 Å². The zero-order chi connectivity index (χ0) is 13.1. The Hall–Kier alpha value is -2.57. The van der Waals surface area contributed by atoms with Crippen molar-refractivity contribution in [3.8, 4) is 0 Å². The van der Waals surface area contributed by atoms with E-state index in [2.05, 4.69) is 37.4 Å². The first kappa shape index (κ1) is 11.5. The van der Waals surface area contributed by atoms with E-state index in [1.54, 1.807) is 6.20 Å². The molecule has 0 aliphatic rings. The number of pyridine rings is 1. The van der Waals surface area contributed by atoms with Crippen LogP contribution in [0.15, 0.2) is 36.7 Å². The Kier molecular flexibility index (Phi) is 3.01. The SMILES string of the molecule is CCN(Cc1cccnc1)c1ccc2nnnn2n1. The van der Waals surface area contributed by atoms with E-state index in [9.17, 15) is 0 Å². The zero-order valence-electron chi connectivity index (χ0n) is 10.5. The fourth-order valence-electron chi connectivity index (χ4n) is 1.88. The van der Waals surface area contributed by atoms with E-state index in [1.165, 1.54) is 4.63 Å². The molecule has 0 saturated carbocycles. The monoisotopic (exact) mass is 255 g/mol. The summed E-state index contributed by atoms with van der Waals surface area (Å²) in [7, 11) is 0. The summed E-state index contributed by atoms with van der Waals surface area (Å²) in [5.74, 6) is 0.839. The van der Waals surface area contributed by atoms with Gasteiger partial charge in [-0.1, -0.05) is 6.07 Å². The average molecular weight is 255 g/mol. The highest BCUT2D eigenvalue weighted by Gasteiger charge is 2.09. The van der Waals surface area contributed by atoms with Crippen LogP contribution in [0.2, 0.25) is 0 Å². The van der Waals surface area contributed by atoms with Crippen LogP contribution in [-0.2, 0) is 6.54 Å². The van der Waals surface area contributed by atoms with E-state index < -0.39 is 0 Å². The Morgan fingerprint density at radius 1 is 1.26 bits per heavy atom. The molecule has 0 amide bonds. The van der Waals surface area contributed by atoms with Crippen molar-refractivity contribution in [2.24, 2.45) is 0 Å². The molecule has 0 saturated heterocycles. The van der Waals surface area contributed by atoms with Gasteiger partial charge in [0.15, 0.2) is 11.5 Å². The summed E-state index contributed by atoms with van der Waals surface area (Å²) in [5.41, 5.74) is 1.78. The van der Waals surface area contributed by atoms with Crippen molar-refractivity contribution in [3.63, 3.8) is 0 Å². The lowest BCUT2D eigenvalue weighted by molar-refractivity contribution is 0.708. The number of tetrazole rings is 1. The minimum absolute atomic E-state index is 0.640. The first-order valence-corrected chi connectivity index (χ1v) is 6.06. The molecule has 0 aliphatic heterocycles. The number of hydrogen-bond donors (Lipinski definition) is 0. The van der Waals surface area contributed by atoms with Gasteiger partial charge in [-0.3, -0.25) is 4.98 Å². The molecule has 3 heterocycles. The minimum Gasteiger partial charge on any atom is -0.351 e. The predicted octanol–water partition coefficient (Wildman–Crippen LogP) is 0.941. The quantitative estimate of drug-likeness (QED) is 0.691. The standard InChI is InChI=1S/C12H13N7/c1-2-18(9-10-4-3-7-13-8-10)12-6-5-11-14-16-17-19(11)15-12/h3-8H,2,9H2,1H3. The lowest BCUT2D eigenvalue weighted by Gasteiger charge is -2.21. The van der Waals surface area contributed by atoms with Crippen molar-refractivity contribution in [1.29, 1.82) is 0 Å². The Labute approximate surface area is 109 Å². The molecule has 0 atom stereocenters. The smallest absolute Gasteiger partial charge is 0.200 e. The third-order valence-corrected chi connectivity index (χ3v) is 2.86. The molecule has 0 radical (unpaired) electrons. The molecule has 0 N–H and O–H groups in total. The van der Waals surface area contributed by atoms with Gasteiger partial charge >= 0.3 is 0 Å². The van der Waals surface area contributed by atoms with Gasteiger partial charge < -0.3 is 4.90 Å². The maximum absolute atomic E-state index is 4.39. The molecule has 19 heavy (non-hydrogen) atoms. The van der Waals surface area contributed by atoms with Crippen LogP contribution in [-0.4, -0.2) is 36.8 Å². The van der Waals surface area contributed by atoms with Crippen molar-refractivity contribution in [1.82, 2.24) is 30.2 Å². The van der Waals surface area contributed by atoms with Crippen molar-refractivity contribution >= 4 is 11.5 Å². The van der Waals surface area contributed by atoms with Crippen LogP contribution >= 0.6 is 0 Å². The number of hydrogen-bond acceptors (Lipinski definition) is 6. The van der Waals surface area contributed by atoms with Gasteiger partial charge in [0.25, 0.3) is 0 Å². The van der Waals surface area contributed by atoms with E-state index in [1.807, 2.05) is 30.5 Å². The Morgan fingerprint density at radius 3 is 3.00 bits per heavy atom. The number of nitrogens with zero attached hydrogens (tertiary/aromatic N) is 7. The predicted molar refractivity (Wildman–Crippen MR) is 69.5 cm³/mol.